The van der Waals surface area contributed by atoms with E-state index in [4.69, 9.17) is 25.6 Å². The van der Waals surface area contributed by atoms with Gasteiger partial charge in [-0.15, -0.1) is 0 Å². The van der Waals surface area contributed by atoms with Gasteiger partial charge in [-0.25, -0.2) is 0 Å². The highest BCUT2D eigenvalue weighted by Gasteiger charge is 2.21. The SMILES string of the molecule is CCOC(=O)Cc1ccc(Cc2ccc(-c3onc(C)c3CC(=O)OC(C)c3ccccc3Cl)cc2)cc1. The first-order valence-corrected chi connectivity index (χ1v) is 12.9. The van der Waals surface area contributed by atoms with Crippen LogP contribution in [-0.2, 0) is 38.3 Å². The van der Waals surface area contributed by atoms with Gasteiger partial charge in [0, 0.05) is 21.7 Å². The van der Waals surface area contributed by atoms with Gasteiger partial charge >= 0.3 is 11.9 Å². The van der Waals surface area contributed by atoms with Crippen LogP contribution in [0, 0.1) is 6.92 Å². The Kier molecular flexibility index (Phi) is 8.98. The summed E-state index contributed by atoms with van der Waals surface area (Å²) in [5, 5.41) is 4.65. The molecule has 1 heterocycles. The van der Waals surface area contributed by atoms with Crippen molar-refractivity contribution in [2.75, 3.05) is 6.61 Å². The number of aromatic nitrogens is 1. The van der Waals surface area contributed by atoms with Crippen LogP contribution in [0.15, 0.2) is 77.3 Å². The number of rotatable bonds is 10. The van der Waals surface area contributed by atoms with Crippen LogP contribution in [-0.4, -0.2) is 23.7 Å². The van der Waals surface area contributed by atoms with Gasteiger partial charge in [-0.1, -0.05) is 83.5 Å². The third kappa shape index (κ3) is 6.90. The number of hydrogen-bond acceptors (Lipinski definition) is 6. The number of benzene rings is 3. The van der Waals surface area contributed by atoms with Crippen LogP contribution in [0.3, 0.4) is 0 Å². The van der Waals surface area contributed by atoms with Crippen LogP contribution in [0.1, 0.15) is 53.5 Å². The Morgan fingerprint density at radius 1 is 0.895 bits per heavy atom. The smallest absolute Gasteiger partial charge is 0.311 e. The summed E-state index contributed by atoms with van der Waals surface area (Å²) >= 11 is 6.24. The van der Waals surface area contributed by atoms with Crippen LogP contribution in [0.5, 0.6) is 0 Å². The van der Waals surface area contributed by atoms with Gasteiger partial charge in [-0.05, 0) is 49.9 Å². The van der Waals surface area contributed by atoms with Gasteiger partial charge in [0.15, 0.2) is 5.76 Å². The van der Waals surface area contributed by atoms with Crippen molar-refractivity contribution in [3.8, 4) is 11.3 Å². The Morgan fingerprint density at radius 2 is 1.53 bits per heavy atom. The Hall–Kier alpha value is -3.90. The van der Waals surface area contributed by atoms with Gasteiger partial charge in [0.1, 0.15) is 6.10 Å². The average Bonchev–Trinajstić information content (AvgIpc) is 3.25. The molecule has 4 rings (SSSR count). The zero-order valence-electron chi connectivity index (χ0n) is 21.7. The Bertz CT molecular complexity index is 1390. The molecule has 0 bridgehead atoms. The van der Waals surface area contributed by atoms with Crippen molar-refractivity contribution in [1.82, 2.24) is 5.16 Å². The van der Waals surface area contributed by atoms with E-state index < -0.39 is 6.10 Å². The second-order valence-corrected chi connectivity index (χ2v) is 9.49. The molecule has 0 aliphatic heterocycles. The molecule has 0 aliphatic rings. The largest absolute Gasteiger partial charge is 0.466 e. The molecule has 1 atom stereocenters. The molecule has 0 saturated carbocycles. The molecule has 3 aromatic carbocycles. The fourth-order valence-electron chi connectivity index (χ4n) is 4.24. The number of nitrogens with zero attached hydrogens (tertiary/aromatic N) is 1. The molecule has 1 unspecified atom stereocenters. The first-order valence-electron chi connectivity index (χ1n) is 12.6. The lowest BCUT2D eigenvalue weighted by molar-refractivity contribution is -0.147. The fraction of sp³-hybridized carbons (Fsp3) is 0.258. The summed E-state index contributed by atoms with van der Waals surface area (Å²) in [6, 6.07) is 23.3. The summed E-state index contributed by atoms with van der Waals surface area (Å²) in [5.74, 6) is -0.0473. The molecule has 0 N–H and O–H groups in total. The third-order valence-corrected chi connectivity index (χ3v) is 6.60. The predicted molar refractivity (Wildman–Crippen MR) is 146 cm³/mol. The zero-order valence-corrected chi connectivity index (χ0v) is 22.5. The minimum absolute atomic E-state index is 0.0410. The van der Waals surface area contributed by atoms with Crippen molar-refractivity contribution in [2.24, 2.45) is 0 Å². The highest BCUT2D eigenvalue weighted by molar-refractivity contribution is 6.31. The predicted octanol–water partition coefficient (Wildman–Crippen LogP) is 6.85. The van der Waals surface area contributed by atoms with E-state index >= 15 is 0 Å². The fourth-order valence-corrected chi connectivity index (χ4v) is 4.53. The summed E-state index contributed by atoms with van der Waals surface area (Å²) in [6.45, 7) is 5.80. The molecule has 4 aromatic rings. The van der Waals surface area contributed by atoms with E-state index in [0.717, 1.165) is 34.2 Å². The minimum atomic E-state index is -0.474. The zero-order chi connectivity index (χ0) is 27.1. The summed E-state index contributed by atoms with van der Waals surface area (Å²) < 4.78 is 16.2. The highest BCUT2D eigenvalue weighted by atomic mass is 35.5. The molecule has 38 heavy (non-hydrogen) atoms. The number of carbonyl (C=O) groups excluding carboxylic acids is 2. The van der Waals surface area contributed by atoms with Crippen LogP contribution in [0.25, 0.3) is 11.3 Å². The lowest BCUT2D eigenvalue weighted by atomic mass is 9.99. The topological polar surface area (TPSA) is 78.6 Å². The number of carbonyl (C=O) groups is 2. The first-order chi connectivity index (χ1) is 18.3. The molecule has 7 heteroatoms. The lowest BCUT2D eigenvalue weighted by Crippen LogP contribution is -2.12. The summed E-state index contributed by atoms with van der Waals surface area (Å²) in [6.07, 6.45) is 0.584. The summed E-state index contributed by atoms with van der Waals surface area (Å²) in [5.41, 5.74) is 6.13. The van der Waals surface area contributed by atoms with Crippen molar-refractivity contribution in [3.05, 3.63) is 111 Å². The van der Waals surface area contributed by atoms with Crippen molar-refractivity contribution in [3.63, 3.8) is 0 Å². The standard InChI is InChI=1S/C31H30ClNO5/c1-4-36-29(34)18-24-11-9-22(10-12-24)17-23-13-15-25(16-14-23)31-27(20(2)33-38-31)19-30(35)37-21(3)26-7-5-6-8-28(26)32/h5-16,21H,4,17-19H2,1-3H3. The molecule has 0 saturated heterocycles. The van der Waals surface area contributed by atoms with Crippen molar-refractivity contribution < 1.29 is 23.6 Å². The normalized spacial score (nSPS) is 11.7. The van der Waals surface area contributed by atoms with Gasteiger partial charge in [0.25, 0.3) is 0 Å². The number of halogens is 1. The Labute approximate surface area is 227 Å². The Balaban J connectivity index is 1.40. The molecular weight excluding hydrogens is 502 g/mol. The monoisotopic (exact) mass is 531 g/mol. The third-order valence-electron chi connectivity index (χ3n) is 6.26. The first kappa shape index (κ1) is 27.1. The second kappa shape index (κ2) is 12.6. The average molecular weight is 532 g/mol. The van der Waals surface area contributed by atoms with E-state index in [0.29, 0.717) is 28.6 Å². The van der Waals surface area contributed by atoms with Crippen LogP contribution >= 0.6 is 11.6 Å². The number of aryl methyl sites for hydroxylation is 1. The van der Waals surface area contributed by atoms with E-state index in [1.807, 2.05) is 73.7 Å². The molecule has 0 aliphatic carbocycles. The molecule has 0 spiro atoms. The molecule has 6 nitrogen and oxygen atoms in total. The van der Waals surface area contributed by atoms with Gasteiger partial charge in [-0.2, -0.15) is 0 Å². The summed E-state index contributed by atoms with van der Waals surface area (Å²) in [4.78, 5) is 24.4. The van der Waals surface area contributed by atoms with Crippen LogP contribution < -0.4 is 0 Å². The minimum Gasteiger partial charge on any atom is -0.466 e. The van der Waals surface area contributed by atoms with Gasteiger partial charge < -0.3 is 14.0 Å². The second-order valence-electron chi connectivity index (χ2n) is 9.08. The molecule has 0 radical (unpaired) electrons. The number of esters is 2. The highest BCUT2D eigenvalue weighted by Crippen LogP contribution is 2.29. The molecule has 0 amide bonds. The summed E-state index contributed by atoms with van der Waals surface area (Å²) in [7, 11) is 0. The van der Waals surface area contributed by atoms with Crippen molar-refractivity contribution >= 4 is 23.5 Å². The maximum absolute atomic E-state index is 12.8. The molecule has 196 valence electrons. The van der Waals surface area contributed by atoms with Crippen molar-refractivity contribution in [1.29, 1.82) is 0 Å². The Morgan fingerprint density at radius 3 is 2.18 bits per heavy atom. The van der Waals surface area contributed by atoms with Crippen LogP contribution in [0.2, 0.25) is 5.02 Å². The van der Waals surface area contributed by atoms with E-state index in [9.17, 15) is 9.59 Å². The van der Waals surface area contributed by atoms with E-state index in [1.54, 1.807) is 19.9 Å². The number of hydrogen-bond donors (Lipinski definition) is 0. The maximum atomic E-state index is 12.8. The van der Waals surface area contributed by atoms with E-state index in [1.165, 1.54) is 0 Å². The van der Waals surface area contributed by atoms with E-state index in [2.05, 4.69) is 5.16 Å². The number of ether oxygens (including phenoxy) is 2. The quantitative estimate of drug-likeness (QED) is 0.208. The van der Waals surface area contributed by atoms with Gasteiger partial charge in [0.2, 0.25) is 0 Å². The van der Waals surface area contributed by atoms with Crippen molar-refractivity contribution in [2.45, 2.75) is 46.1 Å². The van der Waals surface area contributed by atoms with E-state index in [-0.39, 0.29) is 24.8 Å². The van der Waals surface area contributed by atoms with Gasteiger partial charge in [0.05, 0.1) is 25.1 Å². The maximum Gasteiger partial charge on any atom is 0.311 e. The molecular formula is C31H30ClNO5. The van der Waals surface area contributed by atoms with Gasteiger partial charge in [-0.3, -0.25) is 9.59 Å². The molecule has 1 aromatic heterocycles. The lowest BCUT2D eigenvalue weighted by Gasteiger charge is -2.15. The van der Waals surface area contributed by atoms with Crippen LogP contribution in [0.4, 0.5) is 0 Å². The molecule has 0 fully saturated rings.